The van der Waals surface area contributed by atoms with Crippen LogP contribution in [0.4, 0.5) is 0 Å². The number of rotatable bonds is 0. The molecule has 2 N–H and O–H groups in total. The predicted octanol–water partition coefficient (Wildman–Crippen LogP) is 1.48. The van der Waals surface area contributed by atoms with Gasteiger partial charge in [0, 0.05) is 28.4 Å². The summed E-state index contributed by atoms with van der Waals surface area (Å²) < 4.78 is 1.22. The number of hydrogen-bond donors (Lipinski definition) is 2. The summed E-state index contributed by atoms with van der Waals surface area (Å²) in [5.74, 6) is 0. The maximum atomic E-state index is 4.51. The standard InChI is InChI=1S/C11H11IN4/c1-6-8-10(15-4-2-13-8)7(12)11-9(6)14-3-5-16-11/h2-5,8,10,14,16H,1H3. The third-order valence-electron chi connectivity index (χ3n) is 2.98. The van der Waals surface area contributed by atoms with Crippen molar-refractivity contribution in [2.75, 3.05) is 0 Å². The van der Waals surface area contributed by atoms with Gasteiger partial charge >= 0.3 is 0 Å². The maximum Gasteiger partial charge on any atom is 0.109 e. The predicted molar refractivity (Wildman–Crippen MR) is 73.7 cm³/mol. The van der Waals surface area contributed by atoms with Crippen molar-refractivity contribution in [2.24, 2.45) is 9.98 Å². The van der Waals surface area contributed by atoms with Gasteiger partial charge in [0.25, 0.3) is 0 Å². The first-order chi connectivity index (χ1) is 7.79. The van der Waals surface area contributed by atoms with Gasteiger partial charge in [-0.15, -0.1) is 0 Å². The average Bonchev–Trinajstić information content (AvgIpc) is 2.36. The molecule has 3 rings (SSSR count). The highest BCUT2D eigenvalue weighted by molar-refractivity contribution is 14.1. The Morgan fingerprint density at radius 2 is 1.69 bits per heavy atom. The molecule has 0 bridgehead atoms. The minimum atomic E-state index is 0.144. The van der Waals surface area contributed by atoms with E-state index in [0.717, 1.165) is 11.4 Å². The van der Waals surface area contributed by atoms with Gasteiger partial charge in [0.15, 0.2) is 0 Å². The molecule has 0 saturated heterocycles. The molecule has 0 fully saturated rings. The van der Waals surface area contributed by atoms with Crippen LogP contribution in [0, 0.1) is 0 Å². The highest BCUT2D eigenvalue weighted by atomic mass is 127. The number of nitrogens with zero attached hydrogens (tertiary/aromatic N) is 2. The highest BCUT2D eigenvalue weighted by Crippen LogP contribution is 2.36. The molecule has 5 heteroatoms. The molecule has 0 aromatic carbocycles. The molecule has 2 aliphatic heterocycles. The van der Waals surface area contributed by atoms with Crippen LogP contribution >= 0.6 is 22.6 Å². The van der Waals surface area contributed by atoms with Crippen molar-refractivity contribution in [3.05, 3.63) is 32.9 Å². The molecule has 0 aromatic rings. The Kier molecular flexibility index (Phi) is 2.34. The van der Waals surface area contributed by atoms with Crippen molar-refractivity contribution < 1.29 is 0 Å². The Balaban J connectivity index is 2.16. The van der Waals surface area contributed by atoms with Gasteiger partial charge in [-0.1, -0.05) is 0 Å². The molecular formula is C11H11IN4. The minimum Gasteiger partial charge on any atom is -0.359 e. The topological polar surface area (TPSA) is 48.8 Å². The van der Waals surface area contributed by atoms with Gasteiger partial charge in [-0.05, 0) is 35.1 Å². The van der Waals surface area contributed by atoms with Crippen molar-refractivity contribution >= 4 is 35.0 Å². The van der Waals surface area contributed by atoms with Crippen LogP contribution in [0.2, 0.25) is 0 Å². The molecule has 0 amide bonds. The highest BCUT2D eigenvalue weighted by Gasteiger charge is 2.35. The average molecular weight is 326 g/mol. The van der Waals surface area contributed by atoms with Gasteiger partial charge in [-0.3, -0.25) is 9.98 Å². The van der Waals surface area contributed by atoms with Gasteiger partial charge in [-0.2, -0.15) is 0 Å². The fourth-order valence-electron chi connectivity index (χ4n) is 2.17. The Bertz CT molecular complexity index is 440. The van der Waals surface area contributed by atoms with Crippen molar-refractivity contribution in [1.82, 2.24) is 10.6 Å². The first-order valence-corrected chi connectivity index (χ1v) is 6.21. The molecule has 0 saturated carbocycles. The number of nitrogens with one attached hydrogen (secondary N) is 2. The summed E-state index contributed by atoms with van der Waals surface area (Å²) in [5, 5.41) is 6.56. The van der Waals surface area contributed by atoms with Crippen LogP contribution in [0.5, 0.6) is 0 Å². The van der Waals surface area contributed by atoms with Crippen LogP contribution in [0.1, 0.15) is 6.92 Å². The van der Waals surface area contributed by atoms with E-state index in [9.17, 15) is 0 Å². The Morgan fingerprint density at radius 3 is 2.44 bits per heavy atom. The molecular weight excluding hydrogens is 315 g/mol. The van der Waals surface area contributed by atoms with E-state index < -0.39 is 0 Å². The molecule has 0 radical (unpaired) electrons. The van der Waals surface area contributed by atoms with Crippen LogP contribution in [-0.4, -0.2) is 24.5 Å². The Morgan fingerprint density at radius 1 is 1.06 bits per heavy atom. The minimum absolute atomic E-state index is 0.144. The van der Waals surface area contributed by atoms with E-state index in [0.29, 0.717) is 0 Å². The number of fused-ring (bicyclic) bond motifs is 2. The zero-order chi connectivity index (χ0) is 11.1. The van der Waals surface area contributed by atoms with Crippen molar-refractivity contribution in [3.63, 3.8) is 0 Å². The molecule has 1 aliphatic carbocycles. The molecule has 4 nitrogen and oxygen atoms in total. The molecule has 2 heterocycles. The molecule has 16 heavy (non-hydrogen) atoms. The summed E-state index contributed by atoms with van der Waals surface area (Å²) in [7, 11) is 0. The lowest BCUT2D eigenvalue weighted by molar-refractivity contribution is 0.633. The van der Waals surface area contributed by atoms with Crippen LogP contribution in [0.3, 0.4) is 0 Å². The zero-order valence-electron chi connectivity index (χ0n) is 8.74. The van der Waals surface area contributed by atoms with Gasteiger partial charge < -0.3 is 10.6 Å². The van der Waals surface area contributed by atoms with E-state index in [1.165, 1.54) is 9.15 Å². The van der Waals surface area contributed by atoms with E-state index in [4.69, 9.17) is 0 Å². The lowest BCUT2D eigenvalue weighted by Gasteiger charge is -2.34. The van der Waals surface area contributed by atoms with Gasteiger partial charge in [0.1, 0.15) is 12.1 Å². The second-order valence-electron chi connectivity index (χ2n) is 3.89. The van der Waals surface area contributed by atoms with Gasteiger partial charge in [-0.25, -0.2) is 0 Å². The molecule has 3 aliphatic rings. The quantitative estimate of drug-likeness (QED) is 0.663. The van der Waals surface area contributed by atoms with Gasteiger partial charge in [0.2, 0.25) is 0 Å². The van der Waals surface area contributed by atoms with E-state index >= 15 is 0 Å². The summed E-state index contributed by atoms with van der Waals surface area (Å²) in [4.78, 5) is 9.02. The Hall–Kier alpha value is -1.11. The molecule has 0 spiro atoms. The van der Waals surface area contributed by atoms with Crippen molar-refractivity contribution in [2.45, 2.75) is 19.0 Å². The van der Waals surface area contributed by atoms with Crippen LogP contribution < -0.4 is 10.6 Å². The van der Waals surface area contributed by atoms with Crippen molar-refractivity contribution in [1.29, 1.82) is 0 Å². The summed E-state index contributed by atoms with van der Waals surface area (Å²) in [6, 6.07) is 0.293. The largest absolute Gasteiger partial charge is 0.359 e. The summed E-state index contributed by atoms with van der Waals surface area (Å²) in [6.07, 6.45) is 7.38. The monoisotopic (exact) mass is 326 g/mol. The van der Waals surface area contributed by atoms with Crippen LogP contribution in [0.25, 0.3) is 0 Å². The number of halogens is 1. The molecule has 2 unspecified atom stereocenters. The van der Waals surface area contributed by atoms with E-state index in [1.807, 2.05) is 12.4 Å². The SMILES string of the molecule is CC1=C2NC=CNC2=C(I)C2N=CC=NC12. The second-order valence-corrected chi connectivity index (χ2v) is 5.05. The van der Waals surface area contributed by atoms with Crippen molar-refractivity contribution in [3.8, 4) is 0 Å². The van der Waals surface area contributed by atoms with E-state index in [1.54, 1.807) is 12.4 Å². The molecule has 2 atom stereocenters. The fraction of sp³-hybridized carbons (Fsp3) is 0.273. The maximum absolute atomic E-state index is 4.51. The van der Waals surface area contributed by atoms with E-state index in [-0.39, 0.29) is 12.1 Å². The molecule has 0 aromatic heterocycles. The number of hydrogen-bond acceptors (Lipinski definition) is 4. The lowest BCUT2D eigenvalue weighted by atomic mass is 9.91. The summed E-state index contributed by atoms with van der Waals surface area (Å²) in [6.45, 7) is 2.11. The van der Waals surface area contributed by atoms with E-state index in [2.05, 4.69) is 50.1 Å². The Labute approximate surface area is 107 Å². The van der Waals surface area contributed by atoms with Gasteiger partial charge in [0.05, 0.1) is 11.4 Å². The zero-order valence-corrected chi connectivity index (χ0v) is 10.9. The summed E-state index contributed by atoms with van der Waals surface area (Å²) >= 11 is 2.36. The normalized spacial score (nSPS) is 30.9. The number of aliphatic imine (C=N–C) groups is 2. The first kappa shape index (κ1) is 10.1. The molecule has 82 valence electrons. The van der Waals surface area contributed by atoms with Crippen LogP contribution in [0.15, 0.2) is 42.9 Å². The smallest absolute Gasteiger partial charge is 0.109 e. The summed E-state index contributed by atoms with van der Waals surface area (Å²) in [5.41, 5.74) is 3.52. The van der Waals surface area contributed by atoms with Crippen LogP contribution in [-0.2, 0) is 0 Å². The lowest BCUT2D eigenvalue weighted by Crippen LogP contribution is -2.38. The fourth-order valence-corrected chi connectivity index (χ4v) is 3.09. The second kappa shape index (κ2) is 3.73. The third kappa shape index (κ3) is 1.34. The third-order valence-corrected chi connectivity index (χ3v) is 4.16. The first-order valence-electron chi connectivity index (χ1n) is 5.13.